The molecule has 0 N–H and O–H groups in total. The Balaban J connectivity index is 1.12. The van der Waals surface area contributed by atoms with E-state index in [-0.39, 0.29) is 0 Å². The first kappa shape index (κ1) is 36.9. The molecule has 2 heterocycles. The number of hydrogen-bond donors (Lipinski definition) is 0. The number of benzene rings is 6. The maximum absolute atomic E-state index is 6.55. The van der Waals surface area contributed by atoms with Crippen LogP contribution in [-0.4, -0.2) is 9.52 Å². The second kappa shape index (κ2) is 14.7. The van der Waals surface area contributed by atoms with Crippen molar-refractivity contribution in [1.29, 1.82) is 0 Å². The molecule has 2 radical (unpaired) electrons. The molecule has 2 aromatic heterocycles. The second-order valence-corrected chi connectivity index (χ2v) is 18.0. The molecular formula is C56H46O2Si. The van der Waals surface area contributed by atoms with Gasteiger partial charge in [0.1, 0.15) is 23.0 Å². The van der Waals surface area contributed by atoms with E-state index in [0.717, 1.165) is 23.0 Å². The smallest absolute Gasteiger partial charge is 0.131 e. The Bertz CT molecular complexity index is 2740. The zero-order chi connectivity index (χ0) is 40.4. The summed E-state index contributed by atoms with van der Waals surface area (Å²) in [4.78, 5) is 0. The molecule has 0 bridgehead atoms. The first-order chi connectivity index (χ1) is 28.7. The molecule has 2 aliphatic rings. The highest BCUT2D eigenvalue weighted by Crippen LogP contribution is 2.56. The van der Waals surface area contributed by atoms with Gasteiger partial charge in [-0.2, -0.15) is 0 Å². The standard InChI is InChI=1S/C56H46O2Si/c1-33-17-29-45-51(49(33)43-25-21-41(22-26-43)39-13-9-7-10-14-39)37(5)53(47-31-19-35(3)57-47)55(45)59-56-46-30-18-34(2)50(52(46)38(6)54(56)48-32-20-36(4)58-48)44-27-23-42(24-28-44)40-15-11-8-12-16-40/h7-32H,59H2,1-6H3. The van der Waals surface area contributed by atoms with Crippen LogP contribution >= 0.6 is 0 Å². The van der Waals surface area contributed by atoms with Gasteiger partial charge in [0.15, 0.2) is 0 Å². The van der Waals surface area contributed by atoms with Crippen molar-refractivity contribution in [2.45, 2.75) is 41.5 Å². The predicted molar refractivity (Wildman–Crippen MR) is 249 cm³/mol. The van der Waals surface area contributed by atoms with E-state index in [1.54, 1.807) is 0 Å². The fraction of sp³-hybridized carbons (Fsp3) is 0.107. The van der Waals surface area contributed by atoms with E-state index in [1.165, 1.54) is 111 Å². The van der Waals surface area contributed by atoms with Gasteiger partial charge in [-0.3, -0.25) is 0 Å². The average molecular weight is 779 g/mol. The number of hydrogen-bond acceptors (Lipinski definition) is 2. The summed E-state index contributed by atoms with van der Waals surface area (Å²) in [7, 11) is -1.18. The largest absolute Gasteiger partial charge is 0.462 e. The molecule has 0 spiro atoms. The Morgan fingerprint density at radius 1 is 0.322 bits per heavy atom. The maximum atomic E-state index is 6.55. The summed E-state index contributed by atoms with van der Waals surface area (Å²) in [6, 6.07) is 57.4. The van der Waals surface area contributed by atoms with Crippen molar-refractivity contribution >= 4 is 31.8 Å². The molecule has 10 rings (SSSR count). The highest BCUT2D eigenvalue weighted by molar-refractivity contribution is 6.62. The lowest BCUT2D eigenvalue weighted by molar-refractivity contribution is 0.522. The van der Waals surface area contributed by atoms with Gasteiger partial charge in [-0.05, 0) is 155 Å². The summed E-state index contributed by atoms with van der Waals surface area (Å²) in [5.41, 5.74) is 25.7. The van der Waals surface area contributed by atoms with Crippen LogP contribution < -0.4 is 0 Å². The lowest BCUT2D eigenvalue weighted by Gasteiger charge is -2.23. The van der Waals surface area contributed by atoms with Gasteiger partial charge in [-0.15, -0.1) is 0 Å². The second-order valence-electron chi connectivity index (χ2n) is 16.2. The van der Waals surface area contributed by atoms with E-state index in [2.05, 4.69) is 185 Å². The Hall–Kier alpha value is -6.42. The Morgan fingerprint density at radius 3 is 1.03 bits per heavy atom. The third kappa shape index (κ3) is 6.32. The average Bonchev–Trinajstić information content (AvgIpc) is 4.02. The van der Waals surface area contributed by atoms with Gasteiger partial charge >= 0.3 is 0 Å². The van der Waals surface area contributed by atoms with Crippen molar-refractivity contribution in [2.24, 2.45) is 0 Å². The Labute approximate surface area is 350 Å². The normalized spacial score (nSPS) is 14.1. The van der Waals surface area contributed by atoms with Crippen LogP contribution in [0.25, 0.3) is 66.8 Å². The molecule has 0 amide bonds. The van der Waals surface area contributed by atoms with Gasteiger partial charge < -0.3 is 8.83 Å². The SMILES string of the molecule is CC1=C(c2ccc(C)o2)[C]([SiH2][C]2C(c3ccc(C)o3)=C(C)c3c2ccc(C)c3-c2ccc(-c3ccccc3)cc2)c2ccc(C)c(-c3ccc(-c4ccccc4)cc3)c21. The number of fused-ring (bicyclic) bond motifs is 2. The minimum atomic E-state index is -1.18. The summed E-state index contributed by atoms with van der Waals surface area (Å²) in [5.74, 6) is 3.73. The minimum Gasteiger partial charge on any atom is -0.462 e. The van der Waals surface area contributed by atoms with Crippen LogP contribution in [0, 0.1) is 38.8 Å². The Morgan fingerprint density at radius 2 is 0.678 bits per heavy atom. The fourth-order valence-corrected chi connectivity index (χ4v) is 12.2. The number of rotatable bonds is 8. The van der Waals surface area contributed by atoms with Gasteiger partial charge in [0, 0.05) is 22.2 Å². The first-order valence-electron chi connectivity index (χ1n) is 20.6. The topological polar surface area (TPSA) is 26.3 Å². The Kier molecular flexibility index (Phi) is 9.22. The zero-order valence-electron chi connectivity index (χ0n) is 34.5. The van der Waals surface area contributed by atoms with Gasteiger partial charge in [0.2, 0.25) is 0 Å². The summed E-state index contributed by atoms with van der Waals surface area (Å²) >= 11 is 0. The molecule has 0 aliphatic heterocycles. The van der Waals surface area contributed by atoms with Crippen molar-refractivity contribution in [3.8, 4) is 44.5 Å². The van der Waals surface area contributed by atoms with Crippen molar-refractivity contribution in [2.75, 3.05) is 0 Å². The van der Waals surface area contributed by atoms with Crippen molar-refractivity contribution < 1.29 is 8.83 Å². The quantitative estimate of drug-likeness (QED) is 0.144. The molecule has 2 aliphatic carbocycles. The maximum Gasteiger partial charge on any atom is 0.131 e. The molecule has 2 nitrogen and oxygen atoms in total. The van der Waals surface area contributed by atoms with Crippen molar-refractivity contribution in [3.05, 3.63) is 225 Å². The lowest BCUT2D eigenvalue weighted by Crippen LogP contribution is -2.19. The summed E-state index contributed by atoms with van der Waals surface area (Å²) < 4.78 is 13.1. The summed E-state index contributed by atoms with van der Waals surface area (Å²) in [5, 5.41) is 0. The van der Waals surface area contributed by atoms with Crippen LogP contribution in [0.15, 0.2) is 167 Å². The molecule has 0 saturated carbocycles. The molecule has 8 aromatic rings. The molecule has 0 saturated heterocycles. The van der Waals surface area contributed by atoms with Gasteiger partial charge in [0.05, 0.1) is 9.52 Å². The van der Waals surface area contributed by atoms with Crippen LogP contribution in [0.1, 0.15) is 70.3 Å². The lowest BCUT2D eigenvalue weighted by atomic mass is 9.89. The molecule has 0 atom stereocenters. The van der Waals surface area contributed by atoms with Gasteiger partial charge in [-0.1, -0.05) is 133 Å². The molecule has 59 heavy (non-hydrogen) atoms. The highest BCUT2D eigenvalue weighted by atomic mass is 28.2. The highest BCUT2D eigenvalue weighted by Gasteiger charge is 2.42. The third-order valence-electron chi connectivity index (χ3n) is 12.5. The summed E-state index contributed by atoms with van der Waals surface area (Å²) in [6.07, 6.45) is 0. The van der Waals surface area contributed by atoms with Crippen LogP contribution in [-0.2, 0) is 0 Å². The first-order valence-corrected chi connectivity index (χ1v) is 22.0. The fourth-order valence-electron chi connectivity index (χ4n) is 9.68. The van der Waals surface area contributed by atoms with E-state index < -0.39 is 9.52 Å². The van der Waals surface area contributed by atoms with Crippen LogP contribution in [0.2, 0.25) is 0 Å². The van der Waals surface area contributed by atoms with E-state index >= 15 is 0 Å². The van der Waals surface area contributed by atoms with Gasteiger partial charge in [0.25, 0.3) is 0 Å². The zero-order valence-corrected chi connectivity index (χ0v) is 35.9. The van der Waals surface area contributed by atoms with E-state index in [1.807, 2.05) is 13.8 Å². The number of furan rings is 2. The molecular weight excluding hydrogens is 733 g/mol. The molecule has 3 heteroatoms. The van der Waals surface area contributed by atoms with Crippen molar-refractivity contribution in [1.82, 2.24) is 0 Å². The van der Waals surface area contributed by atoms with Gasteiger partial charge in [-0.25, -0.2) is 0 Å². The van der Waals surface area contributed by atoms with Crippen LogP contribution in [0.3, 0.4) is 0 Å². The van der Waals surface area contributed by atoms with E-state index in [4.69, 9.17) is 8.83 Å². The van der Waals surface area contributed by atoms with E-state index in [9.17, 15) is 0 Å². The minimum absolute atomic E-state index is 0.921. The van der Waals surface area contributed by atoms with Crippen LogP contribution in [0.4, 0.5) is 0 Å². The third-order valence-corrected chi connectivity index (χ3v) is 14.6. The molecule has 286 valence electrons. The monoisotopic (exact) mass is 778 g/mol. The van der Waals surface area contributed by atoms with E-state index in [0.29, 0.717) is 0 Å². The number of allylic oxidation sites excluding steroid dienone is 4. The number of aryl methyl sites for hydroxylation is 4. The van der Waals surface area contributed by atoms with Crippen LogP contribution in [0.5, 0.6) is 0 Å². The molecule has 0 unspecified atom stereocenters. The summed E-state index contributed by atoms with van der Waals surface area (Å²) in [6.45, 7) is 13.2. The molecule has 6 aromatic carbocycles. The van der Waals surface area contributed by atoms with Crippen molar-refractivity contribution in [3.63, 3.8) is 0 Å². The predicted octanol–water partition coefficient (Wildman–Crippen LogP) is 14.3. The molecule has 0 fully saturated rings.